The van der Waals surface area contributed by atoms with E-state index in [1.807, 2.05) is 12.1 Å². The molecule has 0 aliphatic heterocycles. The number of anilines is 1. The zero-order chi connectivity index (χ0) is 11.7. The molecule has 0 saturated carbocycles. The zero-order valence-corrected chi connectivity index (χ0v) is 10.2. The van der Waals surface area contributed by atoms with E-state index in [1.165, 1.54) is 24.0 Å². The van der Waals surface area contributed by atoms with Crippen LogP contribution in [0, 0.1) is 11.8 Å². The number of fused-ring (bicyclic) bond motifs is 1. The van der Waals surface area contributed by atoms with Crippen LogP contribution >= 0.6 is 0 Å². The van der Waals surface area contributed by atoms with Gasteiger partial charge in [-0.3, -0.25) is 0 Å². The maximum absolute atomic E-state index is 6.35. The van der Waals surface area contributed by atoms with Crippen molar-refractivity contribution in [2.45, 2.75) is 39.2 Å². The molecule has 1 aliphatic rings. The Morgan fingerprint density at radius 3 is 2.81 bits per heavy atom. The van der Waals surface area contributed by atoms with Crippen molar-refractivity contribution in [3.05, 3.63) is 29.3 Å². The van der Waals surface area contributed by atoms with Crippen LogP contribution in [-0.4, -0.2) is 0 Å². The van der Waals surface area contributed by atoms with Gasteiger partial charge in [0.2, 0.25) is 0 Å². The first-order chi connectivity index (χ1) is 7.59. The molecule has 1 aromatic rings. The van der Waals surface area contributed by atoms with Crippen molar-refractivity contribution < 1.29 is 0 Å². The van der Waals surface area contributed by atoms with Crippen molar-refractivity contribution in [1.29, 1.82) is 0 Å². The number of hydrogen-bond acceptors (Lipinski definition) is 2. The molecule has 2 unspecified atom stereocenters. The Labute approximate surface area is 98.0 Å². The Morgan fingerprint density at radius 2 is 2.12 bits per heavy atom. The molecule has 0 radical (unpaired) electrons. The lowest BCUT2D eigenvalue weighted by molar-refractivity contribution is 0.315. The SMILES string of the molecule is CC(C)CC1CCc2c(N)cccc2C1N. The van der Waals surface area contributed by atoms with Gasteiger partial charge >= 0.3 is 0 Å². The molecule has 1 aliphatic carbocycles. The summed E-state index contributed by atoms with van der Waals surface area (Å²) < 4.78 is 0. The summed E-state index contributed by atoms with van der Waals surface area (Å²) in [5.41, 5.74) is 15.8. The van der Waals surface area contributed by atoms with Crippen LogP contribution in [0.2, 0.25) is 0 Å². The van der Waals surface area contributed by atoms with Crippen molar-refractivity contribution in [3.63, 3.8) is 0 Å². The van der Waals surface area contributed by atoms with Crippen LogP contribution in [0.1, 0.15) is 43.9 Å². The standard InChI is InChI=1S/C14H22N2/c1-9(2)8-10-6-7-11-12(14(10)16)4-3-5-13(11)15/h3-5,9-10,14H,6-8,15-16H2,1-2H3. The molecule has 0 heterocycles. The second kappa shape index (κ2) is 4.46. The number of hydrogen-bond donors (Lipinski definition) is 2. The van der Waals surface area contributed by atoms with Gasteiger partial charge in [0.25, 0.3) is 0 Å². The smallest absolute Gasteiger partial charge is 0.0349 e. The van der Waals surface area contributed by atoms with E-state index in [9.17, 15) is 0 Å². The van der Waals surface area contributed by atoms with Crippen LogP contribution in [0.3, 0.4) is 0 Å². The maximum atomic E-state index is 6.35. The summed E-state index contributed by atoms with van der Waals surface area (Å²) in [6, 6.07) is 6.32. The second-order valence-corrected chi connectivity index (χ2v) is 5.37. The molecule has 0 fully saturated rings. The lowest BCUT2D eigenvalue weighted by Gasteiger charge is -2.32. The molecule has 4 N–H and O–H groups in total. The van der Waals surface area contributed by atoms with E-state index in [1.54, 1.807) is 0 Å². The van der Waals surface area contributed by atoms with E-state index < -0.39 is 0 Å². The molecule has 0 bridgehead atoms. The number of nitrogens with two attached hydrogens (primary N) is 2. The van der Waals surface area contributed by atoms with Crippen LogP contribution in [-0.2, 0) is 6.42 Å². The van der Waals surface area contributed by atoms with Crippen LogP contribution in [0.15, 0.2) is 18.2 Å². The summed E-state index contributed by atoms with van der Waals surface area (Å²) in [4.78, 5) is 0. The molecule has 1 aromatic carbocycles. The van der Waals surface area contributed by atoms with Crippen LogP contribution < -0.4 is 11.5 Å². The lowest BCUT2D eigenvalue weighted by Crippen LogP contribution is -2.28. The van der Waals surface area contributed by atoms with Gasteiger partial charge in [-0.2, -0.15) is 0 Å². The van der Waals surface area contributed by atoms with Gasteiger partial charge in [0.15, 0.2) is 0 Å². The number of benzene rings is 1. The topological polar surface area (TPSA) is 52.0 Å². The van der Waals surface area contributed by atoms with Crippen LogP contribution in [0.4, 0.5) is 5.69 Å². The highest BCUT2D eigenvalue weighted by molar-refractivity contribution is 5.53. The minimum Gasteiger partial charge on any atom is -0.398 e. The van der Waals surface area contributed by atoms with Gasteiger partial charge < -0.3 is 11.5 Å². The molecule has 0 spiro atoms. The Morgan fingerprint density at radius 1 is 1.38 bits per heavy atom. The van der Waals surface area contributed by atoms with E-state index in [-0.39, 0.29) is 6.04 Å². The largest absolute Gasteiger partial charge is 0.398 e. The molecule has 0 saturated heterocycles. The normalized spacial score (nSPS) is 24.5. The molecule has 2 atom stereocenters. The van der Waals surface area contributed by atoms with Gasteiger partial charge in [-0.25, -0.2) is 0 Å². The van der Waals surface area contributed by atoms with E-state index in [0.717, 1.165) is 18.0 Å². The van der Waals surface area contributed by atoms with Gasteiger partial charge in [0, 0.05) is 11.7 Å². The summed E-state index contributed by atoms with van der Waals surface area (Å²) in [6.07, 6.45) is 3.49. The molecule has 2 nitrogen and oxygen atoms in total. The van der Waals surface area contributed by atoms with Gasteiger partial charge in [-0.05, 0) is 48.3 Å². The predicted molar refractivity (Wildman–Crippen MR) is 69.0 cm³/mol. The Hall–Kier alpha value is -1.02. The molecule has 88 valence electrons. The number of rotatable bonds is 2. The first kappa shape index (κ1) is 11.5. The van der Waals surface area contributed by atoms with Crippen molar-refractivity contribution in [2.75, 3.05) is 5.73 Å². The number of nitrogen functional groups attached to an aromatic ring is 1. The molecule has 0 amide bonds. The minimum atomic E-state index is 0.176. The highest BCUT2D eigenvalue weighted by Crippen LogP contribution is 2.38. The molecule has 16 heavy (non-hydrogen) atoms. The predicted octanol–water partition coefficient (Wildman–Crippen LogP) is 2.88. The summed E-state index contributed by atoms with van der Waals surface area (Å²) in [5.74, 6) is 1.34. The zero-order valence-electron chi connectivity index (χ0n) is 10.2. The third kappa shape index (κ3) is 2.07. The maximum Gasteiger partial charge on any atom is 0.0349 e. The highest BCUT2D eigenvalue weighted by atomic mass is 14.7. The first-order valence-electron chi connectivity index (χ1n) is 6.22. The van der Waals surface area contributed by atoms with Crippen LogP contribution in [0.25, 0.3) is 0 Å². The van der Waals surface area contributed by atoms with Crippen molar-refractivity contribution in [1.82, 2.24) is 0 Å². The van der Waals surface area contributed by atoms with Crippen molar-refractivity contribution >= 4 is 5.69 Å². The molecule has 2 rings (SSSR count). The second-order valence-electron chi connectivity index (χ2n) is 5.37. The van der Waals surface area contributed by atoms with Crippen molar-refractivity contribution in [3.8, 4) is 0 Å². The fourth-order valence-corrected chi connectivity index (χ4v) is 2.86. The van der Waals surface area contributed by atoms with E-state index in [2.05, 4.69) is 19.9 Å². The molecule has 0 aromatic heterocycles. The molecule has 2 heteroatoms. The Balaban J connectivity index is 2.25. The summed E-state index contributed by atoms with van der Waals surface area (Å²) in [5, 5.41) is 0. The minimum absolute atomic E-state index is 0.176. The van der Waals surface area contributed by atoms with Gasteiger partial charge in [-0.1, -0.05) is 26.0 Å². The third-order valence-electron chi connectivity index (χ3n) is 3.65. The lowest BCUT2D eigenvalue weighted by atomic mass is 9.76. The Kier molecular flexibility index (Phi) is 3.20. The fourth-order valence-electron chi connectivity index (χ4n) is 2.86. The quantitative estimate of drug-likeness (QED) is 0.750. The monoisotopic (exact) mass is 218 g/mol. The van der Waals surface area contributed by atoms with E-state index in [4.69, 9.17) is 11.5 Å². The summed E-state index contributed by atoms with van der Waals surface area (Å²) >= 11 is 0. The van der Waals surface area contributed by atoms with Gasteiger partial charge in [0.1, 0.15) is 0 Å². The van der Waals surface area contributed by atoms with E-state index in [0.29, 0.717) is 5.92 Å². The van der Waals surface area contributed by atoms with Gasteiger partial charge in [0.05, 0.1) is 0 Å². The van der Waals surface area contributed by atoms with Crippen LogP contribution in [0.5, 0.6) is 0 Å². The Bertz CT molecular complexity index is 371. The molecular weight excluding hydrogens is 196 g/mol. The van der Waals surface area contributed by atoms with Crippen molar-refractivity contribution in [2.24, 2.45) is 17.6 Å². The third-order valence-corrected chi connectivity index (χ3v) is 3.65. The molecular formula is C14H22N2. The fraction of sp³-hybridized carbons (Fsp3) is 0.571. The summed E-state index contributed by atoms with van der Waals surface area (Å²) in [7, 11) is 0. The van der Waals surface area contributed by atoms with Gasteiger partial charge in [-0.15, -0.1) is 0 Å². The average Bonchev–Trinajstić information content (AvgIpc) is 2.23. The first-order valence-corrected chi connectivity index (χ1v) is 6.22. The highest BCUT2D eigenvalue weighted by Gasteiger charge is 2.27. The van der Waals surface area contributed by atoms with E-state index >= 15 is 0 Å². The average molecular weight is 218 g/mol. The summed E-state index contributed by atoms with van der Waals surface area (Å²) in [6.45, 7) is 4.53.